The van der Waals surface area contributed by atoms with Crippen LogP contribution in [0.3, 0.4) is 0 Å². The smallest absolute Gasteiger partial charge is 0.257 e. The summed E-state index contributed by atoms with van der Waals surface area (Å²) in [4.78, 5) is 30.4. The largest absolute Gasteiger partial charge is 0.352 e. The molecule has 0 fully saturated rings. The summed E-state index contributed by atoms with van der Waals surface area (Å²) in [6.45, 7) is 1.76. The number of aromatic nitrogens is 1. The number of benzene rings is 3. The molecule has 3 heterocycles. The Kier molecular flexibility index (Phi) is 5.29. The molecule has 0 bridgehead atoms. The van der Waals surface area contributed by atoms with Crippen LogP contribution in [-0.4, -0.2) is 34.9 Å². The molecule has 0 saturated heterocycles. The van der Waals surface area contributed by atoms with Crippen molar-refractivity contribution < 1.29 is 9.59 Å². The average molecular weight is 465 g/mol. The molecule has 0 aliphatic carbocycles. The van der Waals surface area contributed by atoms with E-state index in [4.69, 9.17) is 0 Å². The molecule has 1 N–H and O–H groups in total. The lowest BCUT2D eigenvalue weighted by Crippen LogP contribution is -2.51. The number of anilines is 1. The Bertz CT molecular complexity index is 1430. The number of aryl methyl sites for hydroxylation is 1. The van der Waals surface area contributed by atoms with E-state index in [2.05, 4.69) is 40.0 Å². The molecule has 2 aliphatic heterocycles. The number of hydrogen-bond donors (Lipinski definition) is 1. The van der Waals surface area contributed by atoms with E-state index in [1.165, 1.54) is 10.9 Å². The van der Waals surface area contributed by atoms with Crippen LogP contribution in [0.2, 0.25) is 0 Å². The maximum atomic E-state index is 13.4. The zero-order chi connectivity index (χ0) is 23.9. The summed E-state index contributed by atoms with van der Waals surface area (Å²) in [7, 11) is 2.06. The predicted octanol–water partition coefficient (Wildman–Crippen LogP) is 4.49. The second-order valence-electron chi connectivity index (χ2n) is 9.30. The van der Waals surface area contributed by atoms with Gasteiger partial charge in [-0.3, -0.25) is 9.59 Å². The molecule has 0 unspecified atom stereocenters. The summed E-state index contributed by atoms with van der Waals surface area (Å²) in [5.41, 5.74) is 6.31. The van der Waals surface area contributed by atoms with Crippen molar-refractivity contribution in [1.82, 2.24) is 14.8 Å². The molecule has 1 atom stereocenters. The van der Waals surface area contributed by atoms with E-state index in [1.807, 2.05) is 65.6 Å². The van der Waals surface area contributed by atoms with E-state index < -0.39 is 0 Å². The minimum Gasteiger partial charge on any atom is -0.352 e. The predicted molar refractivity (Wildman–Crippen MR) is 137 cm³/mol. The molecule has 6 rings (SSSR count). The van der Waals surface area contributed by atoms with Gasteiger partial charge < -0.3 is 19.7 Å². The van der Waals surface area contributed by atoms with Crippen molar-refractivity contribution in [3.63, 3.8) is 0 Å². The van der Waals surface area contributed by atoms with Gasteiger partial charge in [0.05, 0.1) is 16.9 Å². The summed E-state index contributed by atoms with van der Waals surface area (Å²) < 4.78 is 2.27. The zero-order valence-corrected chi connectivity index (χ0v) is 19.8. The van der Waals surface area contributed by atoms with Crippen molar-refractivity contribution in [2.75, 3.05) is 18.5 Å². The fraction of sp³-hybridized carbons (Fsp3) is 0.241. The Hall–Kier alpha value is -4.06. The highest BCUT2D eigenvalue weighted by atomic mass is 16.2. The lowest BCUT2D eigenvalue weighted by atomic mass is 9.96. The van der Waals surface area contributed by atoms with Crippen molar-refractivity contribution in [1.29, 1.82) is 0 Å². The van der Waals surface area contributed by atoms with E-state index in [0.717, 1.165) is 34.4 Å². The summed E-state index contributed by atoms with van der Waals surface area (Å²) in [5, 5.41) is 4.26. The minimum atomic E-state index is -0.194. The maximum absolute atomic E-state index is 13.4. The normalized spacial score (nSPS) is 16.6. The van der Waals surface area contributed by atoms with Gasteiger partial charge in [-0.25, -0.2) is 0 Å². The molecule has 176 valence electrons. The molecule has 0 radical (unpaired) electrons. The zero-order valence-electron chi connectivity index (χ0n) is 19.8. The first-order valence-electron chi connectivity index (χ1n) is 12.2. The van der Waals surface area contributed by atoms with Gasteiger partial charge in [0.25, 0.3) is 5.91 Å². The standard InChI is InChI=1S/C29H28N4O2/c1-31-24-13-7-6-12-23(24)29(35)33-17-15-22-21-11-5-8-14-25(21)32(27(22)28(31)33)18-16-26(34)30-19-20-9-3-2-4-10-20/h2-14,28H,15-19H2,1H3,(H,30,34)/t28-/m0/s1. The van der Waals surface area contributed by atoms with E-state index >= 15 is 0 Å². The number of carbonyl (C=O) groups excluding carboxylic acids is 2. The Morgan fingerprint density at radius 1 is 0.971 bits per heavy atom. The van der Waals surface area contributed by atoms with Crippen LogP contribution in [0.1, 0.15) is 39.8 Å². The number of para-hydroxylation sites is 2. The molecule has 0 saturated carbocycles. The SMILES string of the molecule is CN1c2ccccc2C(=O)N2CCc3c(n(CCC(=O)NCc4ccccc4)c4ccccc34)[C@H]21. The van der Waals surface area contributed by atoms with Gasteiger partial charge >= 0.3 is 0 Å². The average Bonchev–Trinajstić information content (AvgIpc) is 3.23. The lowest BCUT2D eigenvalue weighted by molar-refractivity contribution is -0.121. The van der Waals surface area contributed by atoms with Crippen LogP contribution in [0.15, 0.2) is 78.9 Å². The van der Waals surface area contributed by atoms with Gasteiger partial charge in [-0.15, -0.1) is 0 Å². The van der Waals surface area contributed by atoms with E-state index in [0.29, 0.717) is 26.1 Å². The van der Waals surface area contributed by atoms with Gasteiger partial charge in [0.15, 0.2) is 0 Å². The van der Waals surface area contributed by atoms with Crippen molar-refractivity contribution in [3.05, 3.63) is 101 Å². The monoisotopic (exact) mass is 464 g/mol. The summed E-state index contributed by atoms with van der Waals surface area (Å²) in [6.07, 6.45) is 0.987. The highest BCUT2D eigenvalue weighted by Gasteiger charge is 2.42. The van der Waals surface area contributed by atoms with Crippen LogP contribution < -0.4 is 10.2 Å². The summed E-state index contributed by atoms with van der Waals surface area (Å²) >= 11 is 0. The van der Waals surface area contributed by atoms with E-state index in [-0.39, 0.29) is 18.0 Å². The fourth-order valence-corrected chi connectivity index (χ4v) is 5.65. The summed E-state index contributed by atoms with van der Waals surface area (Å²) in [5.74, 6) is 0.0956. The fourth-order valence-electron chi connectivity index (χ4n) is 5.65. The molecule has 2 aliphatic rings. The number of rotatable bonds is 5. The van der Waals surface area contributed by atoms with E-state index in [1.54, 1.807) is 0 Å². The van der Waals surface area contributed by atoms with Crippen LogP contribution in [0.25, 0.3) is 10.9 Å². The molecular weight excluding hydrogens is 436 g/mol. The lowest BCUT2D eigenvalue weighted by Gasteiger charge is -2.46. The van der Waals surface area contributed by atoms with Crippen LogP contribution in [0.4, 0.5) is 5.69 Å². The third kappa shape index (κ3) is 3.57. The minimum absolute atomic E-state index is 0.0199. The highest BCUT2D eigenvalue weighted by molar-refractivity contribution is 6.02. The second kappa shape index (κ2) is 8.62. The number of hydrogen-bond acceptors (Lipinski definition) is 3. The number of fused-ring (bicyclic) bond motifs is 6. The Morgan fingerprint density at radius 3 is 2.57 bits per heavy atom. The van der Waals surface area contributed by atoms with Gasteiger partial charge in [0.2, 0.25) is 5.91 Å². The van der Waals surface area contributed by atoms with E-state index in [9.17, 15) is 9.59 Å². The van der Waals surface area contributed by atoms with Crippen LogP contribution in [0, 0.1) is 0 Å². The Balaban J connectivity index is 1.34. The third-order valence-electron chi connectivity index (χ3n) is 7.30. The number of nitrogens with one attached hydrogen (secondary N) is 1. The van der Waals surface area contributed by atoms with Crippen molar-refractivity contribution in [2.45, 2.75) is 32.1 Å². The topological polar surface area (TPSA) is 57.6 Å². The maximum Gasteiger partial charge on any atom is 0.257 e. The first-order chi connectivity index (χ1) is 17.1. The van der Waals surface area contributed by atoms with Crippen LogP contribution in [0.5, 0.6) is 0 Å². The summed E-state index contributed by atoms with van der Waals surface area (Å²) in [6, 6.07) is 26.2. The molecule has 35 heavy (non-hydrogen) atoms. The van der Waals surface area contributed by atoms with Crippen molar-refractivity contribution in [3.8, 4) is 0 Å². The quantitative estimate of drug-likeness (QED) is 0.473. The molecule has 0 spiro atoms. The van der Waals surface area contributed by atoms with Gasteiger partial charge in [0.1, 0.15) is 6.17 Å². The molecule has 4 aromatic rings. The van der Waals surface area contributed by atoms with Gasteiger partial charge in [-0.1, -0.05) is 60.7 Å². The second-order valence-corrected chi connectivity index (χ2v) is 9.30. The molecule has 6 heteroatoms. The molecule has 1 aromatic heterocycles. The van der Waals surface area contributed by atoms with Crippen molar-refractivity contribution >= 4 is 28.4 Å². The van der Waals surface area contributed by atoms with Gasteiger partial charge in [-0.2, -0.15) is 0 Å². The van der Waals surface area contributed by atoms with Gasteiger partial charge in [0, 0.05) is 44.0 Å². The van der Waals surface area contributed by atoms with Crippen LogP contribution >= 0.6 is 0 Å². The molecule has 3 aromatic carbocycles. The van der Waals surface area contributed by atoms with Crippen LogP contribution in [-0.2, 0) is 24.3 Å². The third-order valence-corrected chi connectivity index (χ3v) is 7.30. The number of nitrogens with zero attached hydrogens (tertiary/aromatic N) is 3. The first kappa shape index (κ1) is 21.5. The first-order valence-corrected chi connectivity index (χ1v) is 12.2. The number of amides is 2. The number of carbonyl (C=O) groups is 2. The Labute approximate surface area is 204 Å². The molecule has 6 nitrogen and oxygen atoms in total. The molecule has 2 amide bonds. The van der Waals surface area contributed by atoms with Crippen molar-refractivity contribution in [2.24, 2.45) is 0 Å². The highest BCUT2D eigenvalue weighted by Crippen LogP contribution is 2.44. The molecular formula is C29H28N4O2. The van der Waals surface area contributed by atoms with Gasteiger partial charge in [-0.05, 0) is 35.7 Å². The Morgan fingerprint density at radius 2 is 1.71 bits per heavy atom.